The van der Waals surface area contributed by atoms with Crippen LogP contribution >= 0.6 is 0 Å². The molecule has 0 radical (unpaired) electrons. The summed E-state index contributed by atoms with van der Waals surface area (Å²) in [6.45, 7) is 6.41. The second kappa shape index (κ2) is 3.14. The molecule has 0 aromatic carbocycles. The van der Waals surface area contributed by atoms with Crippen LogP contribution in [0.25, 0.3) is 0 Å². The van der Waals surface area contributed by atoms with Gasteiger partial charge in [0.05, 0.1) is 0 Å². The van der Waals surface area contributed by atoms with Crippen molar-refractivity contribution in [1.29, 1.82) is 0 Å². The highest BCUT2D eigenvalue weighted by Gasteiger charge is 2.45. The molecule has 3 heteroatoms. The van der Waals surface area contributed by atoms with Gasteiger partial charge in [0.15, 0.2) is 0 Å². The SMILES string of the molecule is CC(C)(C)C1OB(C2=CCCC2)O1. The maximum atomic E-state index is 5.70. The van der Waals surface area contributed by atoms with Gasteiger partial charge in [-0.15, -0.1) is 0 Å². The third-order valence-corrected chi connectivity index (χ3v) is 2.58. The molecule has 0 aromatic rings. The molecule has 72 valence electrons. The summed E-state index contributed by atoms with van der Waals surface area (Å²) in [4.78, 5) is 0. The standard InChI is InChI=1S/C10H17BO2/c1-10(2,3)9-12-11(13-9)8-6-4-5-7-8/h6,9H,4-5,7H2,1-3H3. The van der Waals surface area contributed by atoms with E-state index < -0.39 is 0 Å². The van der Waals surface area contributed by atoms with Crippen LogP contribution in [0.5, 0.6) is 0 Å². The van der Waals surface area contributed by atoms with Crippen molar-refractivity contribution >= 4 is 7.12 Å². The van der Waals surface area contributed by atoms with E-state index in [1.807, 2.05) is 0 Å². The van der Waals surface area contributed by atoms with Crippen LogP contribution in [0.15, 0.2) is 11.5 Å². The third kappa shape index (κ3) is 1.81. The van der Waals surface area contributed by atoms with E-state index in [1.165, 1.54) is 18.3 Å². The van der Waals surface area contributed by atoms with Crippen molar-refractivity contribution in [2.45, 2.75) is 46.3 Å². The summed E-state index contributed by atoms with van der Waals surface area (Å²) < 4.78 is 11.4. The van der Waals surface area contributed by atoms with E-state index in [0.29, 0.717) is 0 Å². The summed E-state index contributed by atoms with van der Waals surface area (Å²) in [5, 5.41) is 0. The molecule has 0 bridgehead atoms. The van der Waals surface area contributed by atoms with Crippen LogP contribution in [0.2, 0.25) is 0 Å². The molecule has 1 saturated heterocycles. The molecule has 0 aromatic heterocycles. The van der Waals surface area contributed by atoms with Gasteiger partial charge in [-0.05, 0) is 24.7 Å². The Bertz CT molecular complexity index is 224. The predicted octanol–water partition coefficient (Wildman–Crippen LogP) is 2.54. The summed E-state index contributed by atoms with van der Waals surface area (Å²) in [5.74, 6) is 0. The molecule has 13 heavy (non-hydrogen) atoms. The lowest BCUT2D eigenvalue weighted by Crippen LogP contribution is -2.52. The van der Waals surface area contributed by atoms with Crippen LogP contribution in [-0.4, -0.2) is 13.4 Å². The molecular weight excluding hydrogens is 163 g/mol. The zero-order chi connectivity index (χ0) is 9.47. The zero-order valence-corrected chi connectivity index (χ0v) is 8.67. The highest BCUT2D eigenvalue weighted by atomic mass is 16.8. The van der Waals surface area contributed by atoms with Gasteiger partial charge in [-0.3, -0.25) is 0 Å². The Kier molecular flexibility index (Phi) is 2.24. The molecule has 1 fully saturated rings. The maximum Gasteiger partial charge on any atom is 0.492 e. The average molecular weight is 180 g/mol. The van der Waals surface area contributed by atoms with Crippen molar-refractivity contribution in [2.24, 2.45) is 5.41 Å². The molecule has 0 saturated carbocycles. The van der Waals surface area contributed by atoms with E-state index in [0.717, 1.165) is 6.42 Å². The Hall–Kier alpha value is -0.275. The molecule has 0 atom stereocenters. The summed E-state index contributed by atoms with van der Waals surface area (Å²) in [7, 11) is -0.0216. The lowest BCUT2D eigenvalue weighted by molar-refractivity contribution is -0.169. The first-order chi connectivity index (χ1) is 6.07. The number of hydrogen-bond acceptors (Lipinski definition) is 2. The minimum atomic E-state index is -0.0216. The van der Waals surface area contributed by atoms with E-state index in [2.05, 4.69) is 26.8 Å². The fourth-order valence-electron chi connectivity index (χ4n) is 1.73. The number of rotatable bonds is 1. The van der Waals surface area contributed by atoms with Crippen LogP contribution in [-0.2, 0) is 9.31 Å². The normalized spacial score (nSPS) is 24.5. The van der Waals surface area contributed by atoms with Crippen molar-refractivity contribution in [3.05, 3.63) is 11.5 Å². The van der Waals surface area contributed by atoms with Gasteiger partial charge < -0.3 is 9.31 Å². The van der Waals surface area contributed by atoms with Crippen molar-refractivity contribution in [1.82, 2.24) is 0 Å². The highest BCUT2D eigenvalue weighted by molar-refractivity contribution is 6.55. The Balaban J connectivity index is 1.84. The van der Waals surface area contributed by atoms with Gasteiger partial charge in [0.2, 0.25) is 0 Å². The Morgan fingerprint density at radius 3 is 2.54 bits per heavy atom. The van der Waals surface area contributed by atoms with Gasteiger partial charge in [0.1, 0.15) is 6.29 Å². The van der Waals surface area contributed by atoms with Crippen LogP contribution in [0.1, 0.15) is 40.0 Å². The second-order valence-corrected chi connectivity index (χ2v) is 4.97. The van der Waals surface area contributed by atoms with E-state index in [4.69, 9.17) is 9.31 Å². The third-order valence-electron chi connectivity index (χ3n) is 2.58. The number of hydrogen-bond donors (Lipinski definition) is 0. The molecule has 2 nitrogen and oxygen atoms in total. The van der Waals surface area contributed by atoms with E-state index in [1.54, 1.807) is 0 Å². The van der Waals surface area contributed by atoms with Gasteiger partial charge in [-0.2, -0.15) is 0 Å². The average Bonchev–Trinajstić information content (AvgIpc) is 2.31. The molecule has 1 aliphatic heterocycles. The van der Waals surface area contributed by atoms with Gasteiger partial charge >= 0.3 is 7.12 Å². The van der Waals surface area contributed by atoms with E-state index in [-0.39, 0.29) is 18.8 Å². The first kappa shape index (κ1) is 9.29. The van der Waals surface area contributed by atoms with Crippen LogP contribution < -0.4 is 0 Å². The topological polar surface area (TPSA) is 18.5 Å². The van der Waals surface area contributed by atoms with Crippen molar-refractivity contribution in [2.75, 3.05) is 0 Å². The summed E-state index contributed by atoms with van der Waals surface area (Å²) >= 11 is 0. The molecule has 0 spiro atoms. The Morgan fingerprint density at radius 1 is 1.38 bits per heavy atom. The summed E-state index contributed by atoms with van der Waals surface area (Å²) in [5.41, 5.74) is 1.45. The Morgan fingerprint density at radius 2 is 2.08 bits per heavy atom. The van der Waals surface area contributed by atoms with Crippen LogP contribution in [0.4, 0.5) is 0 Å². The lowest BCUT2D eigenvalue weighted by Gasteiger charge is -2.42. The quantitative estimate of drug-likeness (QED) is 0.577. The largest absolute Gasteiger partial charge is 0.492 e. The van der Waals surface area contributed by atoms with Gasteiger partial charge in [0, 0.05) is 5.41 Å². The van der Waals surface area contributed by atoms with Crippen molar-refractivity contribution < 1.29 is 9.31 Å². The first-order valence-electron chi connectivity index (χ1n) is 5.07. The van der Waals surface area contributed by atoms with Crippen molar-refractivity contribution in [3.63, 3.8) is 0 Å². The molecule has 1 heterocycles. The van der Waals surface area contributed by atoms with Gasteiger partial charge in [0.25, 0.3) is 0 Å². The maximum absolute atomic E-state index is 5.70. The number of allylic oxidation sites excluding steroid dienone is 2. The molecule has 1 aliphatic carbocycles. The minimum Gasteiger partial charge on any atom is -0.382 e. The fraction of sp³-hybridized carbons (Fsp3) is 0.800. The predicted molar refractivity (Wildman–Crippen MR) is 53.1 cm³/mol. The molecule has 0 amide bonds. The van der Waals surface area contributed by atoms with Crippen molar-refractivity contribution in [3.8, 4) is 0 Å². The molecule has 2 rings (SSSR count). The first-order valence-corrected chi connectivity index (χ1v) is 5.07. The van der Waals surface area contributed by atoms with Crippen LogP contribution in [0, 0.1) is 5.41 Å². The van der Waals surface area contributed by atoms with Crippen LogP contribution in [0.3, 0.4) is 0 Å². The molecular formula is C10H17BO2. The highest BCUT2D eigenvalue weighted by Crippen LogP contribution is 2.35. The molecule has 0 N–H and O–H groups in total. The monoisotopic (exact) mass is 180 g/mol. The van der Waals surface area contributed by atoms with E-state index in [9.17, 15) is 0 Å². The second-order valence-electron chi connectivity index (χ2n) is 4.97. The Labute approximate surface area is 80.4 Å². The minimum absolute atomic E-state index is 0.0148. The summed E-state index contributed by atoms with van der Waals surface area (Å²) in [6.07, 6.45) is 5.85. The van der Waals surface area contributed by atoms with E-state index >= 15 is 0 Å². The lowest BCUT2D eigenvalue weighted by atomic mass is 9.73. The zero-order valence-electron chi connectivity index (χ0n) is 8.67. The van der Waals surface area contributed by atoms with Gasteiger partial charge in [-0.25, -0.2) is 0 Å². The summed E-state index contributed by atoms with van der Waals surface area (Å²) in [6, 6.07) is 0. The van der Waals surface area contributed by atoms with Gasteiger partial charge in [-0.1, -0.05) is 26.8 Å². The molecule has 2 aliphatic rings. The molecule has 0 unspecified atom stereocenters. The smallest absolute Gasteiger partial charge is 0.382 e. The fourth-order valence-corrected chi connectivity index (χ4v) is 1.73.